The molecule has 0 amide bonds. The van der Waals surface area contributed by atoms with E-state index in [9.17, 15) is 18.0 Å². The number of halogens is 4. The molecule has 3 aromatic heterocycles. The maximum atomic E-state index is 12.7. The average Bonchev–Trinajstić information content (AvgIpc) is 3.20. The lowest BCUT2D eigenvalue weighted by molar-refractivity contribution is -0.146. The van der Waals surface area contributed by atoms with Crippen LogP contribution in [0, 0.1) is 0 Å². The van der Waals surface area contributed by atoms with Crippen LogP contribution in [0.3, 0.4) is 0 Å². The van der Waals surface area contributed by atoms with Crippen LogP contribution in [0.4, 0.5) is 13.2 Å². The lowest BCUT2D eigenvalue weighted by Gasteiger charge is -2.05. The van der Waals surface area contributed by atoms with Gasteiger partial charge in [0.2, 0.25) is 5.88 Å². The number of ether oxygens (including phenoxy) is 1. The summed E-state index contributed by atoms with van der Waals surface area (Å²) in [6, 6.07) is 4.43. The summed E-state index contributed by atoms with van der Waals surface area (Å²) < 4.78 is 44.6. The molecule has 26 heavy (non-hydrogen) atoms. The van der Waals surface area contributed by atoms with Crippen LogP contribution >= 0.6 is 11.6 Å². The first-order valence-electron chi connectivity index (χ1n) is 6.74. The van der Waals surface area contributed by atoms with Crippen molar-refractivity contribution in [2.24, 2.45) is 0 Å². The largest absolute Gasteiger partial charge is 0.453 e. The van der Waals surface area contributed by atoms with E-state index in [2.05, 4.69) is 25.6 Å². The third-order valence-corrected chi connectivity index (χ3v) is 3.23. The number of rotatable bonds is 5. The second-order valence-corrected chi connectivity index (χ2v) is 5.01. The average molecular weight is 386 g/mol. The molecule has 3 aromatic rings. The Labute approximate surface area is 147 Å². The fourth-order valence-corrected chi connectivity index (χ4v) is 2.11. The number of alkyl halides is 3. The van der Waals surface area contributed by atoms with E-state index in [0.717, 1.165) is 10.9 Å². The van der Waals surface area contributed by atoms with E-state index in [4.69, 9.17) is 16.3 Å². The van der Waals surface area contributed by atoms with Crippen molar-refractivity contribution in [3.8, 4) is 11.7 Å². The monoisotopic (exact) mass is 385 g/mol. The van der Waals surface area contributed by atoms with E-state index in [1.54, 1.807) is 12.1 Å². The first-order chi connectivity index (χ1) is 12.4. The standard InChI is InChI=1S/C13H7ClF3N7O2/c14-9-2-1-4-18-11(9)24-10(26-7-25)6-8(20-24)3-5-23-12(13(15,16)17)19-21-22-23/h1-7H. The molecule has 0 aliphatic rings. The molecule has 0 spiro atoms. The van der Waals surface area contributed by atoms with Crippen molar-refractivity contribution in [1.29, 1.82) is 0 Å². The quantitative estimate of drug-likeness (QED) is 0.620. The fourth-order valence-electron chi connectivity index (χ4n) is 1.91. The highest BCUT2D eigenvalue weighted by Gasteiger charge is 2.37. The number of hydrogen-bond donors (Lipinski definition) is 0. The van der Waals surface area contributed by atoms with Gasteiger partial charge in [0, 0.05) is 18.5 Å². The van der Waals surface area contributed by atoms with E-state index in [0.29, 0.717) is 4.68 Å². The molecule has 0 radical (unpaired) electrons. The Morgan fingerprint density at radius 1 is 1.31 bits per heavy atom. The van der Waals surface area contributed by atoms with Gasteiger partial charge in [-0.3, -0.25) is 4.79 Å². The summed E-state index contributed by atoms with van der Waals surface area (Å²) >= 11 is 6.03. The Morgan fingerprint density at radius 2 is 2.12 bits per heavy atom. The minimum absolute atomic E-state index is 0.0342. The van der Waals surface area contributed by atoms with Gasteiger partial charge < -0.3 is 4.74 Å². The number of tetrazole rings is 1. The topological polar surface area (TPSA) is 101 Å². The van der Waals surface area contributed by atoms with Crippen LogP contribution in [0.5, 0.6) is 5.88 Å². The summed E-state index contributed by atoms with van der Waals surface area (Å²) in [5, 5.41) is 13.4. The number of hydrogen-bond acceptors (Lipinski definition) is 7. The van der Waals surface area contributed by atoms with E-state index in [1.165, 1.54) is 18.3 Å². The van der Waals surface area contributed by atoms with Crippen LogP contribution in [0.15, 0.2) is 24.4 Å². The molecule has 0 bridgehead atoms. The van der Waals surface area contributed by atoms with Crippen molar-refractivity contribution in [1.82, 2.24) is 35.0 Å². The molecular weight excluding hydrogens is 379 g/mol. The zero-order valence-corrected chi connectivity index (χ0v) is 13.3. The molecule has 0 atom stereocenters. The molecule has 0 saturated heterocycles. The van der Waals surface area contributed by atoms with Crippen LogP contribution in [0.25, 0.3) is 18.1 Å². The molecule has 0 N–H and O–H groups in total. The highest BCUT2D eigenvalue weighted by molar-refractivity contribution is 6.32. The molecule has 0 aliphatic heterocycles. The molecule has 134 valence electrons. The Bertz CT molecular complexity index is 967. The Morgan fingerprint density at radius 3 is 2.81 bits per heavy atom. The maximum Gasteiger partial charge on any atom is 0.453 e. The van der Waals surface area contributed by atoms with E-state index >= 15 is 0 Å². The Balaban J connectivity index is 1.98. The smallest absolute Gasteiger partial charge is 0.409 e. The highest BCUT2D eigenvalue weighted by Crippen LogP contribution is 2.27. The molecule has 13 heteroatoms. The van der Waals surface area contributed by atoms with E-state index in [1.807, 2.05) is 0 Å². The molecular formula is C13H7ClF3N7O2. The second kappa shape index (κ2) is 6.92. The van der Waals surface area contributed by atoms with Crippen LogP contribution in [-0.2, 0) is 11.0 Å². The van der Waals surface area contributed by atoms with Gasteiger partial charge in [-0.25, -0.2) is 4.98 Å². The van der Waals surface area contributed by atoms with Gasteiger partial charge >= 0.3 is 6.18 Å². The summed E-state index contributed by atoms with van der Waals surface area (Å²) in [6.45, 7) is 0.168. The van der Waals surface area contributed by atoms with E-state index in [-0.39, 0.29) is 28.9 Å². The number of aromatic nitrogens is 7. The summed E-state index contributed by atoms with van der Waals surface area (Å²) in [6.07, 6.45) is -1.13. The third-order valence-electron chi connectivity index (χ3n) is 2.94. The van der Waals surface area contributed by atoms with Crippen LogP contribution < -0.4 is 4.74 Å². The molecule has 0 unspecified atom stereocenters. The zero-order chi connectivity index (χ0) is 18.7. The van der Waals surface area contributed by atoms with Gasteiger partial charge in [-0.2, -0.15) is 27.6 Å². The van der Waals surface area contributed by atoms with Crippen molar-refractivity contribution in [3.05, 3.63) is 40.9 Å². The predicted molar refractivity (Wildman–Crippen MR) is 81.1 cm³/mol. The lowest BCUT2D eigenvalue weighted by atomic mass is 10.4. The normalized spacial score (nSPS) is 11.8. The van der Waals surface area contributed by atoms with Crippen molar-refractivity contribution in [3.63, 3.8) is 0 Å². The number of pyridine rings is 1. The van der Waals surface area contributed by atoms with Crippen LogP contribution in [-0.4, -0.2) is 41.4 Å². The summed E-state index contributed by atoms with van der Waals surface area (Å²) in [7, 11) is 0. The fraction of sp³-hybridized carbons (Fsp3) is 0.0769. The van der Waals surface area contributed by atoms with Gasteiger partial charge in [-0.1, -0.05) is 11.6 Å². The van der Waals surface area contributed by atoms with Gasteiger partial charge in [0.15, 0.2) is 5.82 Å². The third kappa shape index (κ3) is 3.54. The lowest BCUT2D eigenvalue weighted by Crippen LogP contribution is -2.12. The summed E-state index contributed by atoms with van der Waals surface area (Å²) in [5.41, 5.74) is 0.146. The first-order valence-corrected chi connectivity index (χ1v) is 7.12. The van der Waals surface area contributed by atoms with Gasteiger partial charge in [-0.15, -0.1) is 5.10 Å². The molecule has 0 saturated carbocycles. The molecule has 3 heterocycles. The van der Waals surface area contributed by atoms with Gasteiger partial charge in [0.1, 0.15) is 0 Å². The van der Waals surface area contributed by atoms with Crippen LogP contribution in [0.2, 0.25) is 5.02 Å². The molecule has 0 fully saturated rings. The molecule has 9 nitrogen and oxygen atoms in total. The predicted octanol–water partition coefficient (Wildman–Crippen LogP) is 2.09. The van der Waals surface area contributed by atoms with Gasteiger partial charge in [0.05, 0.1) is 10.7 Å². The van der Waals surface area contributed by atoms with Gasteiger partial charge in [-0.05, 0) is 28.6 Å². The van der Waals surface area contributed by atoms with Crippen molar-refractivity contribution >= 4 is 30.3 Å². The highest BCUT2D eigenvalue weighted by atomic mass is 35.5. The zero-order valence-electron chi connectivity index (χ0n) is 12.5. The van der Waals surface area contributed by atoms with E-state index < -0.39 is 12.0 Å². The van der Waals surface area contributed by atoms with Gasteiger partial charge in [0.25, 0.3) is 12.3 Å². The summed E-state index contributed by atoms with van der Waals surface area (Å²) in [5.74, 6) is -1.16. The minimum atomic E-state index is -4.72. The first kappa shape index (κ1) is 17.5. The molecule has 0 aliphatic carbocycles. The number of carbonyl (C=O) groups is 1. The van der Waals surface area contributed by atoms with Crippen molar-refractivity contribution in [2.45, 2.75) is 6.18 Å². The second-order valence-electron chi connectivity index (χ2n) is 4.60. The molecule has 0 aromatic carbocycles. The minimum Gasteiger partial charge on any atom is -0.409 e. The number of carbonyl (C=O) groups excluding carboxylic acids is 1. The van der Waals surface area contributed by atoms with Crippen molar-refractivity contribution < 1.29 is 22.7 Å². The number of nitrogens with zero attached hydrogens (tertiary/aromatic N) is 7. The van der Waals surface area contributed by atoms with Crippen molar-refractivity contribution in [2.75, 3.05) is 0 Å². The maximum absolute atomic E-state index is 12.7. The molecule has 3 rings (SSSR count). The Hall–Kier alpha value is -3.28. The summed E-state index contributed by atoms with van der Waals surface area (Å²) in [4.78, 5) is 14.7. The SMILES string of the molecule is O=COc1cc(C=Cn2nnnc2C(F)(F)F)nn1-c1ncccc1Cl. The van der Waals surface area contributed by atoms with Crippen LogP contribution in [0.1, 0.15) is 11.5 Å². The Kier molecular flexibility index (Phi) is 4.67.